The smallest absolute Gasteiger partial charge is 0.254 e. The van der Waals surface area contributed by atoms with Crippen molar-refractivity contribution in [2.24, 2.45) is 0 Å². The zero-order valence-corrected chi connectivity index (χ0v) is 18.4. The molecule has 2 heterocycles. The Morgan fingerprint density at radius 2 is 1.82 bits per heavy atom. The molecular formula is C26H23N3O4. The van der Waals surface area contributed by atoms with Crippen molar-refractivity contribution in [3.05, 3.63) is 77.9 Å². The first kappa shape index (κ1) is 20.8. The van der Waals surface area contributed by atoms with Crippen molar-refractivity contribution in [1.82, 2.24) is 15.1 Å². The van der Waals surface area contributed by atoms with E-state index in [4.69, 9.17) is 14.2 Å². The summed E-state index contributed by atoms with van der Waals surface area (Å²) in [5.41, 5.74) is 3.03. The number of benzene rings is 3. The molecule has 1 aliphatic heterocycles. The molecule has 5 rings (SSSR count). The van der Waals surface area contributed by atoms with Gasteiger partial charge in [0.25, 0.3) is 5.91 Å². The summed E-state index contributed by atoms with van der Waals surface area (Å²) in [6.45, 7) is 1.24. The third kappa shape index (κ3) is 3.93. The van der Waals surface area contributed by atoms with E-state index in [1.54, 1.807) is 20.3 Å². The van der Waals surface area contributed by atoms with E-state index in [1.807, 2.05) is 65.6 Å². The highest BCUT2D eigenvalue weighted by atomic mass is 16.5. The molecule has 0 saturated carbocycles. The molecule has 0 aliphatic carbocycles. The second-order valence-corrected chi connectivity index (χ2v) is 7.73. The van der Waals surface area contributed by atoms with Crippen molar-refractivity contribution in [3.8, 4) is 28.6 Å². The summed E-state index contributed by atoms with van der Waals surface area (Å²) in [5, 5.41) is 10.3. The van der Waals surface area contributed by atoms with Gasteiger partial charge in [0.15, 0.2) is 11.5 Å². The van der Waals surface area contributed by atoms with Gasteiger partial charge in [-0.15, -0.1) is 10.2 Å². The number of methoxy groups -OCH3 is 2. The summed E-state index contributed by atoms with van der Waals surface area (Å²) >= 11 is 0. The Bertz CT molecular complexity index is 1320. The van der Waals surface area contributed by atoms with E-state index in [-0.39, 0.29) is 5.91 Å². The van der Waals surface area contributed by atoms with Gasteiger partial charge >= 0.3 is 0 Å². The average molecular weight is 441 g/mol. The number of ether oxygens (including phenoxy) is 3. The zero-order chi connectivity index (χ0) is 22.8. The van der Waals surface area contributed by atoms with Gasteiger partial charge in [-0.05, 0) is 35.0 Å². The van der Waals surface area contributed by atoms with Crippen LogP contribution in [0.4, 0.5) is 0 Å². The number of hydrogen-bond donors (Lipinski definition) is 0. The quantitative estimate of drug-likeness (QED) is 0.469. The molecule has 7 nitrogen and oxygen atoms in total. The average Bonchev–Trinajstić information content (AvgIpc) is 3.10. The maximum absolute atomic E-state index is 13.6. The maximum atomic E-state index is 13.6. The van der Waals surface area contributed by atoms with Crippen molar-refractivity contribution in [2.45, 2.75) is 6.54 Å². The van der Waals surface area contributed by atoms with Crippen LogP contribution in [0, 0.1) is 0 Å². The van der Waals surface area contributed by atoms with Crippen LogP contribution in [0.15, 0.2) is 66.7 Å². The molecule has 33 heavy (non-hydrogen) atoms. The van der Waals surface area contributed by atoms with E-state index in [0.717, 1.165) is 21.9 Å². The number of aromatic nitrogens is 2. The molecule has 0 atom stereocenters. The second kappa shape index (κ2) is 8.78. The Balaban J connectivity index is 1.52. The minimum atomic E-state index is -0.0307. The lowest BCUT2D eigenvalue weighted by atomic mass is 10.0. The highest BCUT2D eigenvalue weighted by molar-refractivity contribution is 6.07. The Hall–Kier alpha value is -4.13. The number of rotatable bonds is 4. The first-order valence-electron chi connectivity index (χ1n) is 10.7. The SMILES string of the molecule is COc1ccc(-c2cc3c(c(OC)c2)OCCN(C(=O)c2cccc4ccccc24)C3)nn1. The third-order valence-corrected chi connectivity index (χ3v) is 5.77. The lowest BCUT2D eigenvalue weighted by Gasteiger charge is -2.21. The number of nitrogens with zero attached hydrogens (tertiary/aromatic N) is 3. The first-order chi connectivity index (χ1) is 16.2. The van der Waals surface area contributed by atoms with Crippen molar-refractivity contribution >= 4 is 16.7 Å². The topological polar surface area (TPSA) is 73.8 Å². The maximum Gasteiger partial charge on any atom is 0.254 e. The van der Waals surface area contributed by atoms with Gasteiger partial charge in [-0.25, -0.2) is 0 Å². The van der Waals surface area contributed by atoms with E-state index >= 15 is 0 Å². The van der Waals surface area contributed by atoms with Crippen LogP contribution in [-0.2, 0) is 6.54 Å². The fourth-order valence-corrected chi connectivity index (χ4v) is 4.12. The van der Waals surface area contributed by atoms with Crippen LogP contribution in [-0.4, -0.2) is 48.4 Å². The van der Waals surface area contributed by atoms with Gasteiger partial charge < -0.3 is 19.1 Å². The van der Waals surface area contributed by atoms with Gasteiger partial charge in [-0.1, -0.05) is 36.4 Å². The van der Waals surface area contributed by atoms with E-state index in [9.17, 15) is 4.79 Å². The molecule has 0 fully saturated rings. The molecule has 4 aromatic rings. The van der Waals surface area contributed by atoms with Crippen LogP contribution in [0.1, 0.15) is 15.9 Å². The Kier molecular flexibility index (Phi) is 5.52. The number of carbonyl (C=O) groups is 1. The summed E-state index contributed by atoms with van der Waals surface area (Å²) in [6.07, 6.45) is 0. The van der Waals surface area contributed by atoms with Gasteiger partial charge in [0.05, 0.1) is 26.5 Å². The summed E-state index contributed by atoms with van der Waals surface area (Å²) in [5.74, 6) is 1.66. The van der Waals surface area contributed by atoms with Gasteiger partial charge in [-0.2, -0.15) is 0 Å². The summed E-state index contributed by atoms with van der Waals surface area (Å²) < 4.78 is 16.7. The molecule has 1 aromatic heterocycles. The van der Waals surface area contributed by atoms with Crippen LogP contribution >= 0.6 is 0 Å². The number of fused-ring (bicyclic) bond motifs is 2. The van der Waals surface area contributed by atoms with E-state index in [1.165, 1.54) is 0 Å². The zero-order valence-electron chi connectivity index (χ0n) is 18.4. The number of carbonyl (C=O) groups excluding carboxylic acids is 1. The molecule has 0 radical (unpaired) electrons. The lowest BCUT2D eigenvalue weighted by molar-refractivity contribution is 0.0735. The lowest BCUT2D eigenvalue weighted by Crippen LogP contribution is -2.32. The fourth-order valence-electron chi connectivity index (χ4n) is 4.12. The number of hydrogen-bond acceptors (Lipinski definition) is 6. The van der Waals surface area contributed by atoms with E-state index in [2.05, 4.69) is 10.2 Å². The van der Waals surface area contributed by atoms with Crippen LogP contribution in [0.2, 0.25) is 0 Å². The standard InChI is InChI=1S/C26H23N3O4/c1-31-23-15-18(22-10-11-24(32-2)28-27-22)14-19-16-29(12-13-33-25(19)23)26(30)21-9-5-7-17-6-3-4-8-20(17)21/h3-11,14-15H,12-13,16H2,1-2H3. The Morgan fingerprint density at radius 3 is 2.61 bits per heavy atom. The van der Waals surface area contributed by atoms with Gasteiger partial charge in [-0.3, -0.25) is 4.79 Å². The molecule has 0 N–H and O–H groups in total. The van der Waals surface area contributed by atoms with Crippen LogP contribution in [0.5, 0.6) is 17.4 Å². The molecule has 166 valence electrons. The monoisotopic (exact) mass is 441 g/mol. The molecule has 1 amide bonds. The summed E-state index contributed by atoms with van der Waals surface area (Å²) in [6, 6.07) is 21.2. The summed E-state index contributed by atoms with van der Waals surface area (Å²) in [4.78, 5) is 15.4. The molecule has 0 saturated heterocycles. The molecule has 0 bridgehead atoms. The van der Waals surface area contributed by atoms with Crippen molar-refractivity contribution in [2.75, 3.05) is 27.4 Å². The highest BCUT2D eigenvalue weighted by Crippen LogP contribution is 2.38. The van der Waals surface area contributed by atoms with Crippen molar-refractivity contribution in [1.29, 1.82) is 0 Å². The Labute approximate surface area is 191 Å². The second-order valence-electron chi connectivity index (χ2n) is 7.73. The minimum absolute atomic E-state index is 0.0307. The molecule has 1 aliphatic rings. The third-order valence-electron chi connectivity index (χ3n) is 5.77. The van der Waals surface area contributed by atoms with Gasteiger partial charge in [0, 0.05) is 29.3 Å². The van der Waals surface area contributed by atoms with E-state index < -0.39 is 0 Å². The largest absolute Gasteiger partial charge is 0.493 e. The van der Waals surface area contributed by atoms with Crippen LogP contribution < -0.4 is 14.2 Å². The van der Waals surface area contributed by atoms with Crippen molar-refractivity contribution < 1.29 is 19.0 Å². The Morgan fingerprint density at radius 1 is 0.970 bits per heavy atom. The highest BCUT2D eigenvalue weighted by Gasteiger charge is 2.25. The van der Waals surface area contributed by atoms with Crippen LogP contribution in [0.3, 0.4) is 0 Å². The van der Waals surface area contributed by atoms with Gasteiger partial charge in [0.1, 0.15) is 6.61 Å². The molecule has 7 heteroatoms. The molecular weight excluding hydrogens is 418 g/mol. The van der Waals surface area contributed by atoms with Gasteiger partial charge in [0.2, 0.25) is 5.88 Å². The predicted octanol–water partition coefficient (Wildman–Crippen LogP) is 4.35. The molecule has 3 aromatic carbocycles. The normalized spacial score (nSPS) is 13.1. The molecule has 0 unspecified atom stereocenters. The minimum Gasteiger partial charge on any atom is -0.493 e. The van der Waals surface area contributed by atoms with Crippen molar-refractivity contribution in [3.63, 3.8) is 0 Å². The number of amides is 1. The predicted molar refractivity (Wildman–Crippen MR) is 125 cm³/mol. The van der Waals surface area contributed by atoms with Crippen LogP contribution in [0.25, 0.3) is 22.0 Å². The fraction of sp³-hybridized carbons (Fsp3) is 0.192. The summed E-state index contributed by atoms with van der Waals surface area (Å²) in [7, 11) is 3.15. The van der Waals surface area contributed by atoms with E-state index in [0.29, 0.717) is 48.3 Å². The first-order valence-corrected chi connectivity index (χ1v) is 10.7. The molecule has 0 spiro atoms.